The van der Waals surface area contributed by atoms with Crippen LogP contribution in [-0.2, 0) is 20.9 Å². The van der Waals surface area contributed by atoms with E-state index in [-0.39, 0.29) is 29.8 Å². The van der Waals surface area contributed by atoms with Crippen LogP contribution < -0.4 is 15.0 Å². The van der Waals surface area contributed by atoms with E-state index in [9.17, 15) is 14.4 Å². The molecule has 0 saturated carbocycles. The second-order valence-electron chi connectivity index (χ2n) is 13.4. The van der Waals surface area contributed by atoms with Crippen molar-refractivity contribution in [2.45, 2.75) is 31.5 Å². The summed E-state index contributed by atoms with van der Waals surface area (Å²) in [5.41, 5.74) is 2.91. The zero-order valence-corrected chi connectivity index (χ0v) is 27.7. The largest absolute Gasteiger partial charge is 0.495 e. The van der Waals surface area contributed by atoms with Crippen LogP contribution >= 0.6 is 0 Å². The Balaban J connectivity index is 1.22. The first-order valence-corrected chi connectivity index (χ1v) is 16.5. The molecule has 0 radical (unpaired) electrons. The zero-order valence-electron chi connectivity index (χ0n) is 27.7. The van der Waals surface area contributed by atoms with E-state index in [0.717, 1.165) is 47.1 Å². The Morgan fingerprint density at radius 2 is 1.79 bits per heavy atom. The molecule has 3 aromatic rings. The van der Waals surface area contributed by atoms with E-state index >= 15 is 0 Å². The van der Waals surface area contributed by atoms with Gasteiger partial charge in [-0.1, -0.05) is 36.4 Å². The average molecular weight is 641 g/mol. The summed E-state index contributed by atoms with van der Waals surface area (Å²) in [6, 6.07) is 18.1. The number of methoxy groups -OCH3 is 1. The SMILES string of the molecule is COc1ccc(CN2C[C@@H]3C[C@@H](c4ccc(N(C)C)c5ccccc45)N4C(=O)N(CCN5CCOCC5)C(=O)C34C2)cc1NC(C)=O. The van der Waals surface area contributed by atoms with Crippen molar-refractivity contribution in [1.29, 1.82) is 0 Å². The summed E-state index contributed by atoms with van der Waals surface area (Å²) in [7, 11) is 5.67. The first-order valence-electron chi connectivity index (χ1n) is 16.5. The number of imide groups is 1. The molecule has 248 valence electrons. The van der Waals surface area contributed by atoms with Gasteiger partial charge in [-0.05, 0) is 41.1 Å². The molecule has 11 nitrogen and oxygen atoms in total. The van der Waals surface area contributed by atoms with Crippen LogP contribution in [-0.4, -0.2) is 117 Å². The first-order chi connectivity index (χ1) is 22.7. The van der Waals surface area contributed by atoms with Crippen molar-refractivity contribution in [2.75, 3.05) is 83.9 Å². The van der Waals surface area contributed by atoms with Gasteiger partial charge in [0.2, 0.25) is 5.91 Å². The second kappa shape index (κ2) is 12.4. The van der Waals surface area contributed by atoms with Gasteiger partial charge in [-0.2, -0.15) is 0 Å². The number of fused-ring (bicyclic) bond motifs is 1. The van der Waals surface area contributed by atoms with Gasteiger partial charge in [-0.15, -0.1) is 0 Å². The van der Waals surface area contributed by atoms with Crippen molar-refractivity contribution in [3.8, 4) is 5.75 Å². The van der Waals surface area contributed by atoms with E-state index in [2.05, 4.69) is 50.3 Å². The zero-order chi connectivity index (χ0) is 32.9. The van der Waals surface area contributed by atoms with Crippen LogP contribution in [0.3, 0.4) is 0 Å². The lowest BCUT2D eigenvalue weighted by atomic mass is 9.87. The molecule has 11 heteroatoms. The lowest BCUT2D eigenvalue weighted by molar-refractivity contribution is -0.133. The Morgan fingerprint density at radius 1 is 1.02 bits per heavy atom. The molecule has 47 heavy (non-hydrogen) atoms. The third-order valence-corrected chi connectivity index (χ3v) is 10.4. The summed E-state index contributed by atoms with van der Waals surface area (Å²) in [4.78, 5) is 51.1. The van der Waals surface area contributed by atoms with Gasteiger partial charge in [0.15, 0.2) is 0 Å². The molecule has 3 aromatic carbocycles. The van der Waals surface area contributed by atoms with Gasteiger partial charge in [0.1, 0.15) is 11.3 Å². The van der Waals surface area contributed by atoms with Crippen LogP contribution in [0.2, 0.25) is 0 Å². The van der Waals surface area contributed by atoms with E-state index in [1.807, 2.05) is 43.3 Å². The molecule has 4 aliphatic heterocycles. The number of carbonyl (C=O) groups excluding carboxylic acids is 3. The number of amides is 4. The third kappa shape index (κ3) is 5.40. The van der Waals surface area contributed by atoms with Crippen LogP contribution in [0.5, 0.6) is 5.75 Å². The maximum absolute atomic E-state index is 14.6. The molecule has 0 aromatic heterocycles. The number of anilines is 2. The molecule has 1 spiro atoms. The molecule has 1 N–H and O–H groups in total. The van der Waals surface area contributed by atoms with Gasteiger partial charge in [-0.25, -0.2) is 4.79 Å². The van der Waals surface area contributed by atoms with Crippen LogP contribution in [0.15, 0.2) is 54.6 Å². The number of benzene rings is 3. The van der Waals surface area contributed by atoms with Crippen molar-refractivity contribution in [2.24, 2.45) is 5.92 Å². The molecule has 4 fully saturated rings. The van der Waals surface area contributed by atoms with Crippen molar-refractivity contribution in [3.05, 3.63) is 65.7 Å². The Labute approximate surface area is 276 Å². The Hall–Kier alpha value is -4.19. The lowest BCUT2D eigenvalue weighted by Crippen LogP contribution is -2.51. The molecule has 1 unspecified atom stereocenters. The predicted molar refractivity (Wildman–Crippen MR) is 181 cm³/mol. The molecule has 0 bridgehead atoms. The number of ether oxygens (including phenoxy) is 2. The maximum atomic E-state index is 14.6. The monoisotopic (exact) mass is 640 g/mol. The van der Waals surface area contributed by atoms with Crippen molar-refractivity contribution in [1.82, 2.24) is 19.6 Å². The van der Waals surface area contributed by atoms with Gasteiger partial charge in [0.25, 0.3) is 5.91 Å². The Bertz CT molecular complexity index is 1710. The van der Waals surface area contributed by atoms with Gasteiger partial charge in [0, 0.05) is 83.8 Å². The van der Waals surface area contributed by atoms with E-state index < -0.39 is 5.54 Å². The summed E-state index contributed by atoms with van der Waals surface area (Å²) < 4.78 is 11.0. The molecule has 4 saturated heterocycles. The fourth-order valence-corrected chi connectivity index (χ4v) is 8.33. The van der Waals surface area contributed by atoms with Crippen LogP contribution in [0, 0.1) is 5.92 Å². The van der Waals surface area contributed by atoms with Gasteiger partial charge >= 0.3 is 6.03 Å². The van der Waals surface area contributed by atoms with E-state index in [1.165, 1.54) is 11.8 Å². The first kappa shape index (κ1) is 31.4. The minimum Gasteiger partial charge on any atom is -0.495 e. The Morgan fingerprint density at radius 3 is 2.51 bits per heavy atom. The van der Waals surface area contributed by atoms with Crippen LogP contribution in [0.1, 0.15) is 30.5 Å². The van der Waals surface area contributed by atoms with Crippen molar-refractivity contribution in [3.63, 3.8) is 0 Å². The standard InChI is InChI=1S/C36H44N6O5/c1-24(43)37-30-19-25(9-12-33(30)46-4)21-40-22-26-20-32(29-10-11-31(38(2)3)28-8-6-5-7-27(28)29)42-35(45)41(34(44)36(26,42)23-40)14-13-39-15-17-47-18-16-39/h5-12,19,26,32H,13-18,20-23H2,1-4H3,(H,37,43)/t26-,32-,36?/m0/s1. The quantitative estimate of drug-likeness (QED) is 0.353. The molecule has 7 rings (SSSR count). The molecule has 0 aliphatic carbocycles. The van der Waals surface area contributed by atoms with Crippen LogP contribution in [0.4, 0.5) is 16.2 Å². The highest BCUT2D eigenvalue weighted by molar-refractivity contribution is 6.09. The summed E-state index contributed by atoms with van der Waals surface area (Å²) >= 11 is 0. The summed E-state index contributed by atoms with van der Waals surface area (Å²) in [5, 5.41) is 5.12. The van der Waals surface area contributed by atoms with E-state index in [4.69, 9.17) is 9.47 Å². The summed E-state index contributed by atoms with van der Waals surface area (Å²) in [5.74, 6) is 0.330. The highest BCUT2D eigenvalue weighted by Crippen LogP contribution is 2.56. The number of hydrogen-bond donors (Lipinski definition) is 1. The Kier molecular flexibility index (Phi) is 8.32. The number of nitrogens with zero attached hydrogens (tertiary/aromatic N) is 5. The highest BCUT2D eigenvalue weighted by atomic mass is 16.5. The fraction of sp³-hybridized carbons (Fsp3) is 0.472. The average Bonchev–Trinajstić information content (AvgIpc) is 3.63. The van der Waals surface area contributed by atoms with Gasteiger partial charge in [-0.3, -0.25) is 24.3 Å². The van der Waals surface area contributed by atoms with E-state index in [0.29, 0.717) is 57.4 Å². The number of likely N-dealkylation sites (tertiary alicyclic amines) is 1. The lowest BCUT2D eigenvalue weighted by Gasteiger charge is -2.33. The third-order valence-electron chi connectivity index (χ3n) is 10.4. The minimum absolute atomic E-state index is 0.0160. The fourth-order valence-electron chi connectivity index (χ4n) is 8.33. The second-order valence-corrected chi connectivity index (χ2v) is 13.4. The normalized spacial score (nSPS) is 24.6. The maximum Gasteiger partial charge on any atom is 0.328 e. The van der Waals surface area contributed by atoms with Crippen molar-refractivity contribution < 1.29 is 23.9 Å². The van der Waals surface area contributed by atoms with E-state index in [1.54, 1.807) is 7.11 Å². The van der Waals surface area contributed by atoms with Crippen LogP contribution in [0.25, 0.3) is 10.8 Å². The topological polar surface area (TPSA) is 97.9 Å². The molecule has 4 amide bonds. The summed E-state index contributed by atoms with van der Waals surface area (Å²) in [6.45, 7) is 7.17. The number of carbonyl (C=O) groups is 3. The number of urea groups is 1. The molecule has 4 aliphatic rings. The molecular formula is C36H44N6O5. The molecule has 4 heterocycles. The van der Waals surface area contributed by atoms with Gasteiger partial charge in [0.05, 0.1) is 32.1 Å². The number of hydrogen-bond acceptors (Lipinski definition) is 8. The number of morpholine rings is 1. The number of nitrogens with one attached hydrogen (secondary N) is 1. The molecule has 3 atom stereocenters. The number of rotatable bonds is 9. The minimum atomic E-state index is -0.930. The highest BCUT2D eigenvalue weighted by Gasteiger charge is 2.70. The summed E-state index contributed by atoms with van der Waals surface area (Å²) in [6.07, 6.45) is 0.719. The van der Waals surface area contributed by atoms with Gasteiger partial charge < -0.3 is 24.6 Å². The van der Waals surface area contributed by atoms with Crippen molar-refractivity contribution >= 4 is 40.0 Å². The smallest absolute Gasteiger partial charge is 0.328 e. The predicted octanol–water partition coefficient (Wildman–Crippen LogP) is 3.78. The molecular weight excluding hydrogens is 596 g/mol.